The van der Waals surface area contributed by atoms with E-state index in [-0.39, 0.29) is 12.5 Å². The van der Waals surface area contributed by atoms with E-state index in [4.69, 9.17) is 4.74 Å². The number of hydrogen-bond donors (Lipinski definition) is 3. The molecule has 1 fully saturated rings. The molecule has 3 N–H and O–H groups in total. The molecule has 1 aromatic rings. The molecule has 1 aliphatic heterocycles. The van der Waals surface area contributed by atoms with E-state index in [2.05, 4.69) is 20.5 Å². The van der Waals surface area contributed by atoms with Gasteiger partial charge in [-0.25, -0.2) is 8.78 Å². The number of nitrogens with zero attached hydrogens (tertiary/aromatic N) is 2. The fourth-order valence-corrected chi connectivity index (χ4v) is 3.07. The third kappa shape index (κ3) is 7.33. The number of halogens is 2. The van der Waals surface area contributed by atoms with E-state index in [0.717, 1.165) is 19.2 Å². The fourth-order valence-electron chi connectivity index (χ4n) is 3.07. The monoisotopic (exact) mass is 398 g/mol. The molecule has 0 saturated carbocycles. The van der Waals surface area contributed by atoms with Crippen LogP contribution in [0.2, 0.25) is 0 Å². The lowest BCUT2D eigenvalue weighted by Gasteiger charge is -2.33. The minimum Gasteiger partial charge on any atom is -0.387 e. The average molecular weight is 398 g/mol. The minimum absolute atomic E-state index is 0.0344. The fraction of sp³-hybridized carbons (Fsp3) is 0.650. The zero-order valence-corrected chi connectivity index (χ0v) is 17.0. The molecule has 8 heteroatoms. The summed E-state index contributed by atoms with van der Waals surface area (Å²) in [6.07, 6.45) is 0. The number of aliphatic imine (C=N–C) groups is 1. The number of aliphatic hydroxyl groups is 1. The number of guanidine groups is 1. The van der Waals surface area contributed by atoms with E-state index in [1.54, 1.807) is 13.0 Å². The Morgan fingerprint density at radius 2 is 2.00 bits per heavy atom. The highest BCUT2D eigenvalue weighted by molar-refractivity contribution is 5.79. The van der Waals surface area contributed by atoms with Crippen molar-refractivity contribution in [3.63, 3.8) is 0 Å². The molecule has 158 valence electrons. The summed E-state index contributed by atoms with van der Waals surface area (Å²) in [4.78, 5) is 6.67. The average Bonchev–Trinajstić information content (AvgIpc) is 2.66. The summed E-state index contributed by atoms with van der Waals surface area (Å²) < 4.78 is 31.9. The largest absolute Gasteiger partial charge is 0.387 e. The number of nitrogens with one attached hydrogen (secondary N) is 2. The van der Waals surface area contributed by atoms with Crippen molar-refractivity contribution in [3.05, 3.63) is 35.4 Å². The van der Waals surface area contributed by atoms with Crippen LogP contribution in [0, 0.1) is 11.6 Å². The quantitative estimate of drug-likeness (QED) is 0.459. The maximum absolute atomic E-state index is 13.4. The molecule has 6 nitrogen and oxygen atoms in total. The molecule has 1 aromatic carbocycles. The Balaban J connectivity index is 1.90. The van der Waals surface area contributed by atoms with E-state index < -0.39 is 17.2 Å². The Kier molecular flexibility index (Phi) is 8.59. The molecule has 0 spiro atoms. The molecule has 1 saturated heterocycles. The highest BCUT2D eigenvalue weighted by Gasteiger charge is 2.25. The smallest absolute Gasteiger partial charge is 0.191 e. The first-order valence-corrected chi connectivity index (χ1v) is 9.80. The molecule has 0 amide bonds. The van der Waals surface area contributed by atoms with E-state index in [9.17, 15) is 13.9 Å². The van der Waals surface area contributed by atoms with Crippen LogP contribution in [0.25, 0.3) is 0 Å². The Hall–Kier alpha value is -1.77. The minimum atomic E-state index is -0.953. The van der Waals surface area contributed by atoms with E-state index >= 15 is 0 Å². The van der Waals surface area contributed by atoms with Crippen molar-refractivity contribution < 1.29 is 18.6 Å². The number of morpholine rings is 1. The second kappa shape index (κ2) is 10.7. The topological polar surface area (TPSA) is 69.1 Å². The molecule has 1 heterocycles. The summed E-state index contributed by atoms with van der Waals surface area (Å²) in [5.74, 6) is -1.14. The van der Waals surface area contributed by atoms with Gasteiger partial charge in [-0.05, 0) is 37.5 Å². The van der Waals surface area contributed by atoms with Crippen LogP contribution in [0.4, 0.5) is 8.78 Å². The molecule has 2 atom stereocenters. The van der Waals surface area contributed by atoms with E-state index in [0.29, 0.717) is 44.4 Å². The maximum atomic E-state index is 13.4. The Labute approximate surface area is 166 Å². The molecule has 1 aliphatic rings. The second-order valence-corrected chi connectivity index (χ2v) is 7.54. The van der Waals surface area contributed by atoms with Gasteiger partial charge in [-0.1, -0.05) is 13.0 Å². The SMILES string of the molecule is CCNC(=NCC(C)(O)CN1CCOCC1)NCC(C)c1ccc(F)c(F)c1. The lowest BCUT2D eigenvalue weighted by atomic mass is 10.0. The van der Waals surface area contributed by atoms with Crippen LogP contribution >= 0.6 is 0 Å². The molecule has 2 unspecified atom stereocenters. The van der Waals surface area contributed by atoms with Crippen molar-refractivity contribution >= 4 is 5.96 Å². The number of rotatable bonds is 8. The van der Waals surface area contributed by atoms with Crippen LogP contribution in [0.3, 0.4) is 0 Å². The zero-order valence-electron chi connectivity index (χ0n) is 17.0. The second-order valence-electron chi connectivity index (χ2n) is 7.54. The van der Waals surface area contributed by atoms with Crippen LogP contribution in [0.5, 0.6) is 0 Å². The van der Waals surface area contributed by atoms with Gasteiger partial charge in [-0.2, -0.15) is 0 Å². The normalized spacial score (nSPS) is 19.1. The van der Waals surface area contributed by atoms with Crippen LogP contribution in [0.15, 0.2) is 23.2 Å². The van der Waals surface area contributed by atoms with Gasteiger partial charge in [0.15, 0.2) is 17.6 Å². The van der Waals surface area contributed by atoms with Crippen LogP contribution in [-0.4, -0.2) is 74.0 Å². The third-order valence-corrected chi connectivity index (χ3v) is 4.68. The predicted octanol–water partition coefficient (Wildman–Crippen LogP) is 1.71. The number of β-amino-alcohol motifs (C(OH)–C–C–N with tert-alkyl or cyclic N) is 1. The van der Waals surface area contributed by atoms with Crippen molar-refractivity contribution in [3.8, 4) is 0 Å². The molecular weight excluding hydrogens is 366 g/mol. The zero-order chi connectivity index (χ0) is 20.6. The number of benzene rings is 1. The van der Waals surface area contributed by atoms with Crippen molar-refractivity contribution in [1.29, 1.82) is 0 Å². The summed E-state index contributed by atoms with van der Waals surface area (Å²) >= 11 is 0. The third-order valence-electron chi connectivity index (χ3n) is 4.68. The highest BCUT2D eigenvalue weighted by Crippen LogP contribution is 2.17. The molecule has 0 bridgehead atoms. The predicted molar refractivity (Wildman–Crippen MR) is 107 cm³/mol. The maximum Gasteiger partial charge on any atom is 0.191 e. The van der Waals surface area contributed by atoms with Gasteiger partial charge >= 0.3 is 0 Å². The van der Waals surface area contributed by atoms with Crippen molar-refractivity contribution in [2.24, 2.45) is 4.99 Å². The first-order valence-electron chi connectivity index (χ1n) is 9.80. The summed E-state index contributed by atoms with van der Waals surface area (Å²) in [5.41, 5.74) is -0.243. The van der Waals surface area contributed by atoms with Gasteiger partial charge in [0, 0.05) is 32.7 Å². The number of hydrogen-bond acceptors (Lipinski definition) is 4. The molecule has 28 heavy (non-hydrogen) atoms. The van der Waals surface area contributed by atoms with Gasteiger partial charge in [-0.3, -0.25) is 9.89 Å². The van der Waals surface area contributed by atoms with Crippen LogP contribution in [0.1, 0.15) is 32.3 Å². The molecule has 0 aromatic heterocycles. The van der Waals surface area contributed by atoms with Gasteiger partial charge in [0.05, 0.1) is 25.4 Å². The molecular formula is C20H32F2N4O2. The van der Waals surface area contributed by atoms with Crippen LogP contribution in [-0.2, 0) is 4.74 Å². The van der Waals surface area contributed by atoms with E-state index in [1.807, 2.05) is 13.8 Å². The molecule has 2 rings (SSSR count). The molecule has 0 aliphatic carbocycles. The highest BCUT2D eigenvalue weighted by atomic mass is 19.2. The van der Waals surface area contributed by atoms with Gasteiger partial charge < -0.3 is 20.5 Å². The van der Waals surface area contributed by atoms with Gasteiger partial charge in [0.1, 0.15) is 0 Å². The summed E-state index contributed by atoms with van der Waals surface area (Å²) in [6, 6.07) is 3.95. The lowest BCUT2D eigenvalue weighted by molar-refractivity contribution is -0.0179. The van der Waals surface area contributed by atoms with Crippen molar-refractivity contribution in [2.75, 3.05) is 52.5 Å². The number of ether oxygens (including phenoxy) is 1. The van der Waals surface area contributed by atoms with Crippen molar-refractivity contribution in [2.45, 2.75) is 32.3 Å². The van der Waals surface area contributed by atoms with Crippen LogP contribution < -0.4 is 10.6 Å². The van der Waals surface area contributed by atoms with E-state index in [1.165, 1.54) is 6.07 Å². The summed E-state index contributed by atoms with van der Waals surface area (Å²) in [6.45, 7) is 10.6. The Morgan fingerprint density at radius 1 is 1.29 bits per heavy atom. The lowest BCUT2D eigenvalue weighted by Crippen LogP contribution is -2.48. The van der Waals surface area contributed by atoms with Gasteiger partial charge in [-0.15, -0.1) is 0 Å². The molecule has 0 radical (unpaired) electrons. The summed E-state index contributed by atoms with van der Waals surface area (Å²) in [5, 5.41) is 17.0. The Bertz CT molecular complexity index is 649. The standard InChI is InChI=1S/C20H32F2N4O2/c1-4-23-19(24-12-15(2)16-5-6-17(21)18(22)11-16)25-13-20(3,27)14-26-7-9-28-10-8-26/h5-6,11,15,27H,4,7-10,12-14H2,1-3H3,(H2,23,24,25). The van der Waals surface area contributed by atoms with Gasteiger partial charge in [0.25, 0.3) is 0 Å². The van der Waals surface area contributed by atoms with Gasteiger partial charge in [0.2, 0.25) is 0 Å². The summed E-state index contributed by atoms with van der Waals surface area (Å²) in [7, 11) is 0. The van der Waals surface area contributed by atoms with Crippen molar-refractivity contribution in [1.82, 2.24) is 15.5 Å². The first kappa shape index (κ1) is 22.5. The Morgan fingerprint density at radius 3 is 2.64 bits per heavy atom. The first-order chi connectivity index (χ1) is 13.3.